The summed E-state index contributed by atoms with van der Waals surface area (Å²) in [5.41, 5.74) is 1.22. The van der Waals surface area contributed by atoms with E-state index in [4.69, 9.17) is 18.9 Å². The van der Waals surface area contributed by atoms with Crippen LogP contribution in [0.3, 0.4) is 0 Å². The summed E-state index contributed by atoms with van der Waals surface area (Å²) in [6.07, 6.45) is 2.40. The maximum atomic E-state index is 6.36. The van der Waals surface area contributed by atoms with Gasteiger partial charge in [0.05, 0.1) is 27.4 Å². The second-order valence-corrected chi connectivity index (χ2v) is 9.73. The average Bonchev–Trinajstić information content (AvgIpc) is 3.39. The Morgan fingerprint density at radius 2 is 1.86 bits per heavy atom. The number of benzene rings is 1. The van der Waals surface area contributed by atoms with Crippen LogP contribution in [0.1, 0.15) is 12.0 Å². The standard InChI is InChI=1S/C23H29NO4/c1-25-14-5-3-4-11(22(14)26-2)6-7-24-21-17-12-10-13-16-15(12)18(21)20(16)23(19(13)17)27-8-9-28-23/h3-5,12-13,15-21,24H,6-10H2,1-2H3/t12-,13+,15-,16+,17+,18-,19-,20+,21-/m0/s1. The lowest BCUT2D eigenvalue weighted by Gasteiger charge is -2.54. The van der Waals surface area contributed by atoms with Crippen LogP contribution in [0.4, 0.5) is 0 Å². The molecule has 2 bridgehead atoms. The number of para-hydroxylation sites is 1. The Labute approximate surface area is 166 Å². The molecule has 5 aliphatic carbocycles. The minimum absolute atomic E-state index is 0.194. The van der Waals surface area contributed by atoms with Gasteiger partial charge in [-0.3, -0.25) is 0 Å². The summed E-state index contributed by atoms with van der Waals surface area (Å²) in [6, 6.07) is 6.83. The molecule has 150 valence electrons. The van der Waals surface area contributed by atoms with Crippen molar-refractivity contribution in [2.75, 3.05) is 34.0 Å². The number of hydrogen-bond acceptors (Lipinski definition) is 5. The van der Waals surface area contributed by atoms with Crippen molar-refractivity contribution in [1.82, 2.24) is 5.32 Å². The second kappa shape index (κ2) is 5.44. The van der Waals surface area contributed by atoms with Gasteiger partial charge < -0.3 is 24.3 Å². The number of methoxy groups -OCH3 is 2. The third kappa shape index (κ3) is 1.65. The largest absolute Gasteiger partial charge is 0.493 e. The molecule has 1 N–H and O–H groups in total. The summed E-state index contributed by atoms with van der Waals surface area (Å²) in [4.78, 5) is 0. The number of rotatable bonds is 6. The van der Waals surface area contributed by atoms with Crippen molar-refractivity contribution >= 4 is 0 Å². The molecule has 1 aromatic carbocycles. The molecule has 6 aliphatic rings. The molecule has 6 fully saturated rings. The van der Waals surface area contributed by atoms with E-state index in [0.717, 1.165) is 73.2 Å². The number of fused-ring (bicyclic) bond motifs is 4. The first-order chi connectivity index (χ1) is 13.8. The summed E-state index contributed by atoms with van der Waals surface area (Å²) < 4.78 is 23.8. The zero-order valence-electron chi connectivity index (χ0n) is 16.6. The molecule has 28 heavy (non-hydrogen) atoms. The van der Waals surface area contributed by atoms with Gasteiger partial charge in [-0.1, -0.05) is 12.1 Å². The SMILES string of the molecule is COc1cccc(CCN[C@@H]2[C@H]3[C@H]4[C@@H]5C[C@@H]6[C@H]4[C@H]3C3(OCCO3)[C@@H]6[C@@H]52)c1OC. The van der Waals surface area contributed by atoms with E-state index in [9.17, 15) is 0 Å². The quantitative estimate of drug-likeness (QED) is 0.817. The highest BCUT2D eigenvalue weighted by Crippen LogP contribution is 2.86. The monoisotopic (exact) mass is 383 g/mol. The fourth-order valence-electron chi connectivity index (χ4n) is 9.11. The summed E-state index contributed by atoms with van der Waals surface area (Å²) in [5, 5.41) is 3.99. The highest BCUT2D eigenvalue weighted by Gasteiger charge is 2.88. The van der Waals surface area contributed by atoms with Gasteiger partial charge in [-0.2, -0.15) is 0 Å². The smallest absolute Gasteiger partial charge is 0.175 e. The summed E-state index contributed by atoms with van der Waals surface area (Å²) in [6.45, 7) is 2.59. The molecular formula is C23H29NO4. The second-order valence-electron chi connectivity index (χ2n) is 9.73. The van der Waals surface area contributed by atoms with Crippen LogP contribution in [0.25, 0.3) is 0 Å². The average molecular weight is 383 g/mol. The predicted octanol–water partition coefficient (Wildman–Crippen LogP) is 2.34. The molecule has 1 aliphatic heterocycles. The molecular weight excluding hydrogens is 354 g/mol. The van der Waals surface area contributed by atoms with Gasteiger partial charge in [-0.05, 0) is 66.5 Å². The first-order valence-electron chi connectivity index (χ1n) is 11.0. The zero-order chi connectivity index (χ0) is 18.6. The first kappa shape index (κ1) is 16.5. The van der Waals surface area contributed by atoms with Crippen LogP contribution in [0.15, 0.2) is 18.2 Å². The van der Waals surface area contributed by atoms with E-state index < -0.39 is 0 Å². The van der Waals surface area contributed by atoms with E-state index in [1.165, 1.54) is 12.0 Å². The highest BCUT2D eigenvalue weighted by atomic mass is 16.7. The van der Waals surface area contributed by atoms with Crippen molar-refractivity contribution < 1.29 is 18.9 Å². The van der Waals surface area contributed by atoms with Crippen molar-refractivity contribution in [3.05, 3.63) is 23.8 Å². The lowest BCUT2D eigenvalue weighted by molar-refractivity contribution is -0.264. The number of hydrogen-bond donors (Lipinski definition) is 1. The van der Waals surface area contributed by atoms with Gasteiger partial charge in [-0.15, -0.1) is 0 Å². The van der Waals surface area contributed by atoms with E-state index in [0.29, 0.717) is 17.9 Å². The van der Waals surface area contributed by atoms with Crippen molar-refractivity contribution in [2.45, 2.75) is 24.7 Å². The molecule has 1 spiro atoms. The highest BCUT2D eigenvalue weighted by molar-refractivity contribution is 5.46. The van der Waals surface area contributed by atoms with E-state index in [-0.39, 0.29) is 5.79 Å². The van der Waals surface area contributed by atoms with E-state index >= 15 is 0 Å². The van der Waals surface area contributed by atoms with Crippen molar-refractivity contribution in [2.24, 2.45) is 47.3 Å². The Hall–Kier alpha value is -1.30. The minimum Gasteiger partial charge on any atom is -0.493 e. The van der Waals surface area contributed by atoms with Crippen molar-refractivity contribution in [3.63, 3.8) is 0 Å². The lowest BCUT2D eigenvalue weighted by Crippen LogP contribution is -2.62. The van der Waals surface area contributed by atoms with Gasteiger partial charge in [0.2, 0.25) is 0 Å². The molecule has 1 heterocycles. The third-order valence-corrected chi connectivity index (χ3v) is 9.38. The first-order valence-corrected chi connectivity index (χ1v) is 11.0. The molecule has 0 unspecified atom stereocenters. The molecule has 1 aromatic rings. The van der Waals surface area contributed by atoms with Gasteiger partial charge in [-0.25, -0.2) is 0 Å². The molecule has 0 radical (unpaired) electrons. The van der Waals surface area contributed by atoms with Crippen LogP contribution in [0.5, 0.6) is 11.5 Å². The normalized spacial score (nSPS) is 47.3. The Kier molecular flexibility index (Phi) is 3.20. The van der Waals surface area contributed by atoms with Crippen molar-refractivity contribution in [1.29, 1.82) is 0 Å². The Bertz CT molecular complexity index is 821. The van der Waals surface area contributed by atoms with Gasteiger partial charge in [0.25, 0.3) is 0 Å². The van der Waals surface area contributed by atoms with Crippen LogP contribution in [0, 0.1) is 47.3 Å². The summed E-state index contributed by atoms with van der Waals surface area (Å²) in [5.74, 6) is 8.00. The van der Waals surface area contributed by atoms with E-state index in [1.54, 1.807) is 14.2 Å². The van der Waals surface area contributed by atoms with Gasteiger partial charge in [0.15, 0.2) is 17.3 Å². The van der Waals surface area contributed by atoms with Crippen LogP contribution < -0.4 is 14.8 Å². The Balaban J connectivity index is 1.11. The van der Waals surface area contributed by atoms with Crippen LogP contribution >= 0.6 is 0 Å². The fraction of sp³-hybridized carbons (Fsp3) is 0.739. The molecule has 5 heteroatoms. The van der Waals surface area contributed by atoms with Crippen LogP contribution in [-0.4, -0.2) is 45.8 Å². The number of nitrogens with one attached hydrogen (secondary N) is 1. The van der Waals surface area contributed by atoms with Gasteiger partial charge >= 0.3 is 0 Å². The topological polar surface area (TPSA) is 49.0 Å². The molecule has 5 nitrogen and oxygen atoms in total. The molecule has 9 atom stereocenters. The Morgan fingerprint density at radius 3 is 2.64 bits per heavy atom. The third-order valence-electron chi connectivity index (χ3n) is 9.38. The predicted molar refractivity (Wildman–Crippen MR) is 102 cm³/mol. The van der Waals surface area contributed by atoms with Crippen LogP contribution in [-0.2, 0) is 15.9 Å². The van der Waals surface area contributed by atoms with E-state index in [1.807, 2.05) is 6.07 Å². The zero-order valence-corrected chi connectivity index (χ0v) is 16.6. The van der Waals surface area contributed by atoms with Crippen LogP contribution in [0.2, 0.25) is 0 Å². The maximum absolute atomic E-state index is 6.36. The molecule has 7 rings (SSSR count). The minimum atomic E-state index is -0.194. The molecule has 0 aromatic heterocycles. The molecule has 0 amide bonds. The Morgan fingerprint density at radius 1 is 1.00 bits per heavy atom. The van der Waals surface area contributed by atoms with Gasteiger partial charge in [0, 0.05) is 17.9 Å². The fourth-order valence-corrected chi connectivity index (χ4v) is 9.11. The summed E-state index contributed by atoms with van der Waals surface area (Å²) in [7, 11) is 3.43. The molecule has 1 saturated heterocycles. The number of ether oxygens (including phenoxy) is 4. The van der Waals surface area contributed by atoms with Crippen molar-refractivity contribution in [3.8, 4) is 11.5 Å². The van der Waals surface area contributed by atoms with E-state index in [2.05, 4.69) is 17.4 Å². The molecule has 5 saturated carbocycles. The lowest BCUT2D eigenvalue weighted by atomic mass is 9.57. The summed E-state index contributed by atoms with van der Waals surface area (Å²) >= 11 is 0. The maximum Gasteiger partial charge on any atom is 0.175 e. The van der Waals surface area contributed by atoms with Gasteiger partial charge in [0.1, 0.15) is 0 Å².